The third-order valence-electron chi connectivity index (χ3n) is 2.09. The number of carbonyl (C=O) groups excluding carboxylic acids is 2. The van der Waals surface area contributed by atoms with Gasteiger partial charge in [-0.15, -0.1) is 0 Å². The fourth-order valence-electron chi connectivity index (χ4n) is 1.21. The van der Waals surface area contributed by atoms with Gasteiger partial charge in [0.2, 0.25) is 0 Å². The van der Waals surface area contributed by atoms with Crippen LogP contribution in [0.3, 0.4) is 0 Å². The first kappa shape index (κ1) is 16.4. The van der Waals surface area contributed by atoms with E-state index in [4.69, 9.17) is 0 Å². The van der Waals surface area contributed by atoms with Crippen molar-refractivity contribution in [2.24, 2.45) is 5.16 Å². The van der Waals surface area contributed by atoms with E-state index in [-0.39, 0.29) is 6.54 Å². The fraction of sp³-hybridized carbons (Fsp3) is 0.273. The number of hydrogen-bond donors (Lipinski definition) is 1. The summed E-state index contributed by atoms with van der Waals surface area (Å²) in [5.74, 6) is -0.986. The van der Waals surface area contributed by atoms with Crippen molar-refractivity contribution in [1.82, 2.24) is 10.3 Å². The Morgan fingerprint density at radius 3 is 2.81 bits per heavy atom. The molecule has 10 heteroatoms. The molecule has 21 heavy (non-hydrogen) atoms. The molecule has 0 fully saturated rings. The summed E-state index contributed by atoms with van der Waals surface area (Å²) in [5, 5.41) is 5.27. The lowest BCUT2D eigenvalue weighted by Crippen LogP contribution is -2.28. The first-order valence-electron chi connectivity index (χ1n) is 5.42. The van der Waals surface area contributed by atoms with Crippen molar-refractivity contribution in [2.75, 3.05) is 13.7 Å². The first-order chi connectivity index (χ1) is 9.86. The van der Waals surface area contributed by atoms with E-state index in [1.54, 1.807) is 0 Å². The number of oxime groups is 1. The second-order valence-corrected chi connectivity index (χ2v) is 3.46. The third-order valence-corrected chi connectivity index (χ3v) is 2.09. The van der Waals surface area contributed by atoms with Crippen LogP contribution in [-0.4, -0.2) is 36.9 Å². The van der Waals surface area contributed by atoms with E-state index in [1.165, 1.54) is 0 Å². The third kappa shape index (κ3) is 5.09. The number of amides is 1. The maximum Gasteiger partial charge on any atom is 0.534 e. The summed E-state index contributed by atoms with van der Waals surface area (Å²) in [4.78, 5) is 29.7. The molecule has 1 amide bonds. The second kappa shape index (κ2) is 7.22. The van der Waals surface area contributed by atoms with Gasteiger partial charge >= 0.3 is 12.3 Å². The van der Waals surface area contributed by atoms with Crippen molar-refractivity contribution in [3.63, 3.8) is 0 Å². The number of rotatable bonds is 4. The van der Waals surface area contributed by atoms with Crippen LogP contribution in [0, 0.1) is 0 Å². The number of carbonyl (C=O) groups is 2. The van der Waals surface area contributed by atoms with Crippen LogP contribution in [0.1, 0.15) is 15.9 Å². The normalized spacial score (nSPS) is 11.2. The summed E-state index contributed by atoms with van der Waals surface area (Å²) in [7, 11) is 1.07. The van der Waals surface area contributed by atoms with Crippen molar-refractivity contribution in [3.05, 3.63) is 29.6 Å². The van der Waals surface area contributed by atoms with E-state index in [0.29, 0.717) is 6.07 Å². The predicted molar refractivity (Wildman–Crippen MR) is 63.6 cm³/mol. The fourth-order valence-corrected chi connectivity index (χ4v) is 1.21. The molecule has 0 radical (unpaired) electrons. The average Bonchev–Trinajstić information content (AvgIpc) is 2.45. The molecule has 114 valence electrons. The molecule has 1 heterocycles. The smallest absolute Gasteiger partial charge is 0.436 e. The number of methoxy groups -OCH3 is 1. The SMILES string of the molecule is COC(=O)ON=CCNC(=O)c1cnccc1C(F)(F)F. The Labute approximate surface area is 116 Å². The van der Waals surface area contributed by atoms with E-state index in [0.717, 1.165) is 25.7 Å². The molecule has 0 aliphatic rings. The van der Waals surface area contributed by atoms with Crippen molar-refractivity contribution in [1.29, 1.82) is 0 Å². The molecular weight excluding hydrogens is 295 g/mol. The molecule has 1 rings (SSSR count). The largest absolute Gasteiger partial charge is 0.534 e. The van der Waals surface area contributed by atoms with Crippen LogP contribution < -0.4 is 5.32 Å². The van der Waals surface area contributed by atoms with Crippen molar-refractivity contribution in [2.45, 2.75) is 6.18 Å². The Bertz CT molecular complexity index is 546. The molecule has 7 nitrogen and oxygen atoms in total. The quantitative estimate of drug-likeness (QED) is 0.395. The monoisotopic (exact) mass is 305 g/mol. The van der Waals surface area contributed by atoms with Gasteiger partial charge in [0.1, 0.15) is 0 Å². The van der Waals surface area contributed by atoms with Crippen molar-refractivity contribution >= 4 is 18.3 Å². The van der Waals surface area contributed by atoms with Crippen LogP contribution in [0.25, 0.3) is 0 Å². The lowest BCUT2D eigenvalue weighted by atomic mass is 10.1. The summed E-state index contributed by atoms with van der Waals surface area (Å²) in [5.41, 5.74) is -1.72. The number of alkyl halides is 3. The number of hydrogen-bond acceptors (Lipinski definition) is 6. The Morgan fingerprint density at radius 1 is 1.48 bits per heavy atom. The van der Waals surface area contributed by atoms with Crippen LogP contribution in [0.5, 0.6) is 0 Å². The van der Waals surface area contributed by atoms with E-state index < -0.39 is 29.4 Å². The Kier molecular flexibility index (Phi) is 5.64. The maximum absolute atomic E-state index is 12.7. The number of aromatic nitrogens is 1. The number of pyridine rings is 1. The lowest BCUT2D eigenvalue weighted by molar-refractivity contribution is -0.138. The standard InChI is InChI=1S/C11H10F3N3O4/c1-20-10(19)21-17-5-4-16-9(18)7-6-15-3-2-8(7)11(12,13)14/h2-3,5-6H,4H2,1H3,(H,16,18). The minimum atomic E-state index is -4.67. The van der Waals surface area contributed by atoms with Gasteiger partial charge < -0.3 is 10.1 Å². The summed E-state index contributed by atoms with van der Waals surface area (Å²) in [6.45, 7) is -0.248. The molecule has 0 unspecified atom stereocenters. The Hall–Kier alpha value is -2.65. The van der Waals surface area contributed by atoms with Gasteiger partial charge in [0, 0.05) is 12.4 Å². The highest BCUT2D eigenvalue weighted by atomic mass is 19.4. The molecule has 0 saturated heterocycles. The lowest BCUT2D eigenvalue weighted by Gasteiger charge is -2.11. The van der Waals surface area contributed by atoms with E-state index in [9.17, 15) is 22.8 Å². The highest BCUT2D eigenvalue weighted by molar-refractivity contribution is 5.96. The molecule has 0 aliphatic heterocycles. The van der Waals surface area contributed by atoms with Crippen molar-refractivity contribution < 1.29 is 32.3 Å². The minimum absolute atomic E-state index is 0.248. The summed E-state index contributed by atoms with van der Waals surface area (Å²) in [6.07, 6.45) is -3.02. The van der Waals surface area contributed by atoms with Gasteiger partial charge in [0.05, 0.1) is 31.0 Å². The van der Waals surface area contributed by atoms with Gasteiger partial charge in [-0.3, -0.25) is 14.6 Å². The first-order valence-corrected chi connectivity index (χ1v) is 5.42. The van der Waals surface area contributed by atoms with Crippen LogP contribution in [0.15, 0.2) is 23.6 Å². The molecule has 1 N–H and O–H groups in total. The molecule has 0 atom stereocenters. The topological polar surface area (TPSA) is 89.9 Å². The second-order valence-electron chi connectivity index (χ2n) is 3.46. The maximum atomic E-state index is 12.7. The van der Waals surface area contributed by atoms with Gasteiger partial charge in [-0.05, 0) is 6.07 Å². The average molecular weight is 305 g/mol. The number of nitrogens with one attached hydrogen (secondary N) is 1. The summed E-state index contributed by atoms with van der Waals surface area (Å²) < 4.78 is 42.1. The van der Waals surface area contributed by atoms with Crippen LogP contribution >= 0.6 is 0 Å². The van der Waals surface area contributed by atoms with E-state index in [1.807, 2.05) is 0 Å². The van der Waals surface area contributed by atoms with Crippen molar-refractivity contribution in [3.8, 4) is 0 Å². The Balaban J connectivity index is 2.63. The molecule has 0 spiro atoms. The highest BCUT2D eigenvalue weighted by Gasteiger charge is 2.35. The predicted octanol–water partition coefficient (Wildman–Crippen LogP) is 1.60. The van der Waals surface area contributed by atoms with E-state index >= 15 is 0 Å². The molecule has 0 bridgehead atoms. The van der Waals surface area contributed by atoms with Gasteiger partial charge in [-0.1, -0.05) is 5.16 Å². The van der Waals surface area contributed by atoms with Gasteiger partial charge in [0.15, 0.2) is 0 Å². The highest BCUT2D eigenvalue weighted by Crippen LogP contribution is 2.31. The molecule has 0 aromatic carbocycles. The zero-order valence-electron chi connectivity index (χ0n) is 10.7. The van der Waals surface area contributed by atoms with Crippen LogP contribution in [0.4, 0.5) is 18.0 Å². The van der Waals surface area contributed by atoms with Crippen LogP contribution in [-0.2, 0) is 15.8 Å². The molecule has 0 saturated carbocycles. The van der Waals surface area contributed by atoms with E-state index in [2.05, 4.69) is 25.0 Å². The number of halogens is 3. The van der Waals surface area contributed by atoms with Gasteiger partial charge in [0.25, 0.3) is 5.91 Å². The zero-order valence-corrected chi connectivity index (χ0v) is 10.7. The number of ether oxygens (including phenoxy) is 1. The van der Waals surface area contributed by atoms with Gasteiger partial charge in [-0.25, -0.2) is 4.79 Å². The number of nitrogens with zero attached hydrogens (tertiary/aromatic N) is 2. The Morgan fingerprint density at radius 2 is 2.19 bits per heavy atom. The molecule has 1 aromatic heterocycles. The minimum Gasteiger partial charge on any atom is -0.436 e. The van der Waals surface area contributed by atoms with Gasteiger partial charge in [-0.2, -0.15) is 13.2 Å². The summed E-state index contributed by atoms with van der Waals surface area (Å²) >= 11 is 0. The molecule has 1 aromatic rings. The zero-order chi connectivity index (χ0) is 15.9. The molecular formula is C11H10F3N3O4. The summed E-state index contributed by atoms with van der Waals surface area (Å²) in [6, 6.07) is 0.698. The molecule has 0 aliphatic carbocycles. The van der Waals surface area contributed by atoms with Crippen LogP contribution in [0.2, 0.25) is 0 Å².